The van der Waals surface area contributed by atoms with E-state index in [1.807, 2.05) is 0 Å². The summed E-state index contributed by atoms with van der Waals surface area (Å²) in [5.74, 6) is 0.740. The molecule has 2 aromatic carbocycles. The Balaban J connectivity index is 1.82. The first-order valence-electron chi connectivity index (χ1n) is 7.54. The minimum atomic E-state index is 0.740. The third kappa shape index (κ3) is 1.79. The van der Waals surface area contributed by atoms with E-state index >= 15 is 0 Å². The molecule has 4 rings (SSSR count). The van der Waals surface area contributed by atoms with Crippen LogP contribution in [0.3, 0.4) is 0 Å². The van der Waals surface area contributed by atoms with Crippen LogP contribution in [0.5, 0.6) is 0 Å². The van der Waals surface area contributed by atoms with Crippen molar-refractivity contribution in [2.45, 2.75) is 25.7 Å². The molecule has 0 saturated heterocycles. The molecule has 2 heterocycles. The molecule has 1 atom stereocenters. The zero-order valence-corrected chi connectivity index (χ0v) is 11.9. The van der Waals surface area contributed by atoms with Gasteiger partial charge in [0.05, 0.1) is 0 Å². The van der Waals surface area contributed by atoms with Crippen LogP contribution in [0.25, 0.3) is 0 Å². The first kappa shape index (κ1) is 11.8. The first-order chi connectivity index (χ1) is 9.83. The summed E-state index contributed by atoms with van der Waals surface area (Å²) in [5, 5.41) is 3.56. The van der Waals surface area contributed by atoms with Crippen LogP contribution >= 0.6 is 0 Å². The largest absolute Gasteiger partial charge is 0.385 e. The van der Waals surface area contributed by atoms with Crippen LogP contribution in [0.4, 0.5) is 17.1 Å². The molecule has 0 aromatic heterocycles. The van der Waals surface area contributed by atoms with E-state index < -0.39 is 0 Å². The Hall–Kier alpha value is -1.96. The second kappa shape index (κ2) is 4.55. The molecule has 1 unspecified atom stereocenters. The van der Waals surface area contributed by atoms with Gasteiger partial charge in [-0.3, -0.25) is 0 Å². The van der Waals surface area contributed by atoms with E-state index in [4.69, 9.17) is 0 Å². The van der Waals surface area contributed by atoms with Gasteiger partial charge in [-0.2, -0.15) is 0 Å². The predicted molar refractivity (Wildman–Crippen MR) is 85.1 cm³/mol. The van der Waals surface area contributed by atoms with Crippen LogP contribution in [0.15, 0.2) is 42.5 Å². The molecule has 2 heteroatoms. The summed E-state index contributed by atoms with van der Waals surface area (Å²) < 4.78 is 0. The molecule has 0 fully saturated rings. The lowest BCUT2D eigenvalue weighted by Crippen LogP contribution is -2.30. The minimum absolute atomic E-state index is 0.740. The topological polar surface area (TPSA) is 15.3 Å². The minimum Gasteiger partial charge on any atom is -0.385 e. The van der Waals surface area contributed by atoms with Gasteiger partial charge in [0.2, 0.25) is 0 Å². The standard InChI is InChI=1S/C18H20N2/c1-13-5-7-15(8-6-13)20-12-10-14-9-11-19-16-3-2-4-17(20)18(14)16/h2-8,14,19H,9-12H2,1H3. The Kier molecular flexibility index (Phi) is 2.69. The van der Waals surface area contributed by atoms with Crippen molar-refractivity contribution in [1.29, 1.82) is 0 Å². The summed E-state index contributed by atoms with van der Waals surface area (Å²) >= 11 is 0. The molecule has 2 aliphatic heterocycles. The van der Waals surface area contributed by atoms with Crippen LogP contribution < -0.4 is 10.2 Å². The summed E-state index contributed by atoms with van der Waals surface area (Å²) in [6, 6.07) is 15.6. The van der Waals surface area contributed by atoms with Crippen LogP contribution in [0.1, 0.15) is 29.9 Å². The zero-order chi connectivity index (χ0) is 13.5. The Labute approximate surface area is 120 Å². The maximum atomic E-state index is 3.56. The van der Waals surface area contributed by atoms with Crippen molar-refractivity contribution in [3.63, 3.8) is 0 Å². The molecule has 0 spiro atoms. The average molecular weight is 264 g/mol. The number of rotatable bonds is 1. The van der Waals surface area contributed by atoms with Gasteiger partial charge in [0.25, 0.3) is 0 Å². The van der Waals surface area contributed by atoms with Gasteiger partial charge in [-0.15, -0.1) is 0 Å². The van der Waals surface area contributed by atoms with Gasteiger partial charge in [-0.25, -0.2) is 0 Å². The van der Waals surface area contributed by atoms with Gasteiger partial charge in [-0.05, 0) is 49.9 Å². The molecule has 2 aliphatic rings. The molecule has 102 valence electrons. The van der Waals surface area contributed by atoms with Gasteiger partial charge in [0.1, 0.15) is 0 Å². The van der Waals surface area contributed by atoms with Crippen LogP contribution in [0, 0.1) is 6.92 Å². The Morgan fingerprint density at radius 3 is 2.75 bits per heavy atom. The van der Waals surface area contributed by atoms with Gasteiger partial charge in [0.15, 0.2) is 0 Å². The lowest BCUT2D eigenvalue weighted by Gasteiger charge is -2.39. The van der Waals surface area contributed by atoms with Crippen molar-refractivity contribution in [2.24, 2.45) is 0 Å². The molecule has 1 N–H and O–H groups in total. The fourth-order valence-electron chi connectivity index (χ4n) is 3.58. The number of aryl methyl sites for hydroxylation is 1. The fraction of sp³-hybridized carbons (Fsp3) is 0.333. The van der Waals surface area contributed by atoms with E-state index in [2.05, 4.69) is 59.6 Å². The van der Waals surface area contributed by atoms with Crippen molar-refractivity contribution in [3.8, 4) is 0 Å². The molecular formula is C18H20N2. The summed E-state index contributed by atoms with van der Waals surface area (Å²) in [5.41, 5.74) is 6.91. The van der Waals surface area contributed by atoms with Gasteiger partial charge in [-0.1, -0.05) is 23.8 Å². The van der Waals surface area contributed by atoms with E-state index in [9.17, 15) is 0 Å². The van der Waals surface area contributed by atoms with Crippen LogP contribution in [-0.4, -0.2) is 13.1 Å². The van der Waals surface area contributed by atoms with Crippen molar-refractivity contribution in [3.05, 3.63) is 53.6 Å². The van der Waals surface area contributed by atoms with E-state index in [1.54, 1.807) is 0 Å². The number of hydrogen-bond acceptors (Lipinski definition) is 2. The number of nitrogens with zero attached hydrogens (tertiary/aromatic N) is 1. The van der Waals surface area contributed by atoms with E-state index in [-0.39, 0.29) is 0 Å². The highest BCUT2D eigenvalue weighted by Gasteiger charge is 2.30. The number of hydrogen-bond donors (Lipinski definition) is 1. The summed E-state index contributed by atoms with van der Waals surface area (Å²) in [7, 11) is 0. The normalized spacial score (nSPS) is 20.2. The van der Waals surface area contributed by atoms with Gasteiger partial charge < -0.3 is 10.2 Å². The van der Waals surface area contributed by atoms with E-state index in [0.29, 0.717) is 0 Å². The predicted octanol–water partition coefficient (Wildman–Crippen LogP) is 4.44. The maximum Gasteiger partial charge on any atom is 0.0466 e. The molecular weight excluding hydrogens is 244 g/mol. The molecule has 2 nitrogen and oxygen atoms in total. The number of benzene rings is 2. The van der Waals surface area contributed by atoms with Crippen LogP contribution in [-0.2, 0) is 0 Å². The highest BCUT2D eigenvalue weighted by atomic mass is 15.1. The van der Waals surface area contributed by atoms with Gasteiger partial charge >= 0.3 is 0 Å². The molecule has 2 aromatic rings. The van der Waals surface area contributed by atoms with Crippen molar-refractivity contribution >= 4 is 17.1 Å². The average Bonchev–Trinajstić information content (AvgIpc) is 2.49. The fourth-order valence-corrected chi connectivity index (χ4v) is 3.58. The quantitative estimate of drug-likeness (QED) is 0.819. The van der Waals surface area contributed by atoms with Gasteiger partial charge in [0, 0.05) is 35.7 Å². The lowest BCUT2D eigenvalue weighted by atomic mass is 9.83. The SMILES string of the molecule is Cc1ccc(N2CCC3CCNc4cccc2c43)cc1. The molecule has 0 aliphatic carbocycles. The molecule has 0 saturated carbocycles. The Morgan fingerprint density at radius 1 is 1.05 bits per heavy atom. The summed E-state index contributed by atoms with van der Waals surface area (Å²) in [6.45, 7) is 4.39. The monoisotopic (exact) mass is 264 g/mol. The molecule has 0 radical (unpaired) electrons. The third-order valence-electron chi connectivity index (χ3n) is 4.64. The summed E-state index contributed by atoms with van der Waals surface area (Å²) in [6.07, 6.45) is 2.53. The third-order valence-corrected chi connectivity index (χ3v) is 4.64. The Morgan fingerprint density at radius 2 is 1.90 bits per heavy atom. The van der Waals surface area contributed by atoms with Crippen LogP contribution in [0.2, 0.25) is 0 Å². The second-order valence-electron chi connectivity index (χ2n) is 5.93. The first-order valence-corrected chi connectivity index (χ1v) is 7.54. The second-order valence-corrected chi connectivity index (χ2v) is 5.93. The maximum absolute atomic E-state index is 3.56. The van der Waals surface area contributed by atoms with Crippen molar-refractivity contribution in [1.82, 2.24) is 0 Å². The lowest BCUT2D eigenvalue weighted by molar-refractivity contribution is 0.561. The van der Waals surface area contributed by atoms with E-state index in [1.165, 1.54) is 41.0 Å². The smallest absolute Gasteiger partial charge is 0.0466 e. The zero-order valence-electron chi connectivity index (χ0n) is 11.9. The molecule has 20 heavy (non-hydrogen) atoms. The number of anilines is 3. The highest BCUT2D eigenvalue weighted by molar-refractivity contribution is 5.76. The van der Waals surface area contributed by atoms with E-state index in [0.717, 1.165) is 19.0 Å². The number of nitrogens with one attached hydrogen (secondary N) is 1. The van der Waals surface area contributed by atoms with Crippen molar-refractivity contribution in [2.75, 3.05) is 23.3 Å². The highest BCUT2D eigenvalue weighted by Crippen LogP contribution is 2.46. The molecule has 0 bridgehead atoms. The summed E-state index contributed by atoms with van der Waals surface area (Å²) in [4.78, 5) is 2.47. The molecule has 0 amide bonds. The van der Waals surface area contributed by atoms with Crippen molar-refractivity contribution < 1.29 is 0 Å². The Bertz CT molecular complexity index is 630.